The lowest BCUT2D eigenvalue weighted by molar-refractivity contribution is -0.145. The minimum Gasteiger partial charge on any atom is -0.466 e. The Morgan fingerprint density at radius 3 is 2.63 bits per heavy atom. The van der Waals surface area contributed by atoms with Crippen molar-refractivity contribution in [3.8, 4) is 0 Å². The van der Waals surface area contributed by atoms with Crippen molar-refractivity contribution < 1.29 is 27.8 Å². The maximum Gasteiger partial charge on any atom is 0.416 e. The molecule has 1 aromatic carbocycles. The number of carbonyl (C=O) groups excluding carboxylic acids is 1. The van der Waals surface area contributed by atoms with Crippen LogP contribution in [0.4, 0.5) is 13.2 Å². The average Bonchev–Trinajstić information content (AvgIpc) is 2.27. The summed E-state index contributed by atoms with van der Waals surface area (Å²) in [6, 6.07) is 2.89. The van der Waals surface area contributed by atoms with Gasteiger partial charge < -0.3 is 9.84 Å². The standard InChI is InChI=1S/C12H12BrF3O3/c1-2-19-11(18)6-10(17)8-5-7(12(14,15)16)3-4-9(8)13/h3-5,10,17H,2,6H2,1H3. The highest BCUT2D eigenvalue weighted by atomic mass is 79.9. The molecule has 0 saturated heterocycles. The summed E-state index contributed by atoms with van der Waals surface area (Å²) in [5.41, 5.74) is -0.878. The van der Waals surface area contributed by atoms with E-state index < -0.39 is 30.2 Å². The second-order valence-corrected chi connectivity index (χ2v) is 4.61. The Labute approximate surface area is 116 Å². The van der Waals surface area contributed by atoms with Gasteiger partial charge in [-0.25, -0.2) is 0 Å². The van der Waals surface area contributed by atoms with Crippen molar-refractivity contribution in [3.05, 3.63) is 33.8 Å². The summed E-state index contributed by atoms with van der Waals surface area (Å²) in [6.45, 7) is 1.75. The Morgan fingerprint density at radius 2 is 2.11 bits per heavy atom. The smallest absolute Gasteiger partial charge is 0.416 e. The number of hydrogen-bond acceptors (Lipinski definition) is 3. The average molecular weight is 341 g/mol. The summed E-state index contributed by atoms with van der Waals surface area (Å²) in [5.74, 6) is -0.667. The molecule has 0 fully saturated rings. The van der Waals surface area contributed by atoms with Gasteiger partial charge in [0.25, 0.3) is 0 Å². The largest absolute Gasteiger partial charge is 0.466 e. The summed E-state index contributed by atoms with van der Waals surface area (Å²) < 4.78 is 42.6. The predicted octanol–water partition coefficient (Wildman–Crippen LogP) is 3.45. The van der Waals surface area contributed by atoms with Crippen LogP contribution in [0.1, 0.15) is 30.6 Å². The van der Waals surface area contributed by atoms with E-state index in [0.717, 1.165) is 12.1 Å². The molecule has 0 heterocycles. The summed E-state index contributed by atoms with van der Waals surface area (Å²) in [7, 11) is 0. The van der Waals surface area contributed by atoms with E-state index in [1.807, 2.05) is 0 Å². The lowest BCUT2D eigenvalue weighted by Gasteiger charge is -2.15. The molecule has 7 heteroatoms. The number of rotatable bonds is 4. The highest BCUT2D eigenvalue weighted by Crippen LogP contribution is 2.34. The number of ether oxygens (including phenoxy) is 1. The normalized spacial score (nSPS) is 13.2. The number of aliphatic hydroxyl groups is 1. The number of halogens is 4. The second kappa shape index (κ2) is 6.38. The Kier molecular flexibility index (Phi) is 5.37. The quantitative estimate of drug-likeness (QED) is 0.854. The van der Waals surface area contributed by atoms with Gasteiger partial charge in [0.1, 0.15) is 0 Å². The van der Waals surface area contributed by atoms with Crippen LogP contribution < -0.4 is 0 Å². The third-order valence-electron chi connectivity index (χ3n) is 2.35. The monoisotopic (exact) mass is 340 g/mol. The number of benzene rings is 1. The molecular weight excluding hydrogens is 329 g/mol. The first-order chi connectivity index (χ1) is 8.75. The highest BCUT2D eigenvalue weighted by Gasteiger charge is 2.31. The van der Waals surface area contributed by atoms with Crippen LogP contribution in [0.15, 0.2) is 22.7 Å². The van der Waals surface area contributed by atoms with Crippen LogP contribution in [0.2, 0.25) is 0 Å². The molecule has 0 saturated carbocycles. The van der Waals surface area contributed by atoms with Crippen molar-refractivity contribution in [2.75, 3.05) is 6.61 Å². The van der Waals surface area contributed by atoms with Gasteiger partial charge >= 0.3 is 12.1 Å². The van der Waals surface area contributed by atoms with Crippen LogP contribution in [0, 0.1) is 0 Å². The fourth-order valence-electron chi connectivity index (χ4n) is 1.46. The Hall–Kier alpha value is -1.08. The van der Waals surface area contributed by atoms with Crippen LogP contribution in [0.5, 0.6) is 0 Å². The van der Waals surface area contributed by atoms with Gasteiger partial charge in [0, 0.05) is 4.47 Å². The van der Waals surface area contributed by atoms with Crippen molar-refractivity contribution in [3.63, 3.8) is 0 Å². The molecule has 106 valence electrons. The van der Waals surface area contributed by atoms with Crippen molar-refractivity contribution in [1.82, 2.24) is 0 Å². The first kappa shape index (κ1) is 16.0. The van der Waals surface area contributed by atoms with Gasteiger partial charge in [-0.3, -0.25) is 4.79 Å². The number of alkyl halides is 3. The third-order valence-corrected chi connectivity index (χ3v) is 3.07. The van der Waals surface area contributed by atoms with E-state index in [4.69, 9.17) is 0 Å². The van der Waals surface area contributed by atoms with E-state index in [9.17, 15) is 23.1 Å². The van der Waals surface area contributed by atoms with Gasteiger partial charge in [0.15, 0.2) is 0 Å². The van der Waals surface area contributed by atoms with Crippen molar-refractivity contribution in [2.24, 2.45) is 0 Å². The zero-order valence-corrected chi connectivity index (χ0v) is 11.6. The van der Waals surface area contributed by atoms with Crippen molar-refractivity contribution >= 4 is 21.9 Å². The van der Waals surface area contributed by atoms with Gasteiger partial charge in [-0.15, -0.1) is 0 Å². The van der Waals surface area contributed by atoms with Gasteiger partial charge in [-0.2, -0.15) is 13.2 Å². The number of aliphatic hydroxyl groups excluding tert-OH is 1. The molecule has 3 nitrogen and oxygen atoms in total. The highest BCUT2D eigenvalue weighted by molar-refractivity contribution is 9.10. The van der Waals surface area contributed by atoms with Gasteiger partial charge in [-0.1, -0.05) is 15.9 Å². The van der Waals surface area contributed by atoms with Gasteiger partial charge in [-0.05, 0) is 30.7 Å². The maximum absolute atomic E-state index is 12.6. The molecule has 0 bridgehead atoms. The summed E-state index contributed by atoms with van der Waals surface area (Å²) in [5, 5.41) is 9.79. The lowest BCUT2D eigenvalue weighted by atomic mass is 10.0. The molecule has 1 unspecified atom stereocenters. The molecular formula is C12H12BrF3O3. The van der Waals surface area contributed by atoms with E-state index in [2.05, 4.69) is 20.7 Å². The van der Waals surface area contributed by atoms with E-state index in [1.165, 1.54) is 6.07 Å². The second-order valence-electron chi connectivity index (χ2n) is 3.76. The van der Waals surface area contributed by atoms with E-state index in [1.54, 1.807) is 6.92 Å². The molecule has 19 heavy (non-hydrogen) atoms. The van der Waals surface area contributed by atoms with Crippen LogP contribution in [-0.4, -0.2) is 17.7 Å². The Balaban J connectivity index is 2.96. The van der Waals surface area contributed by atoms with Gasteiger partial charge in [0.2, 0.25) is 0 Å². The summed E-state index contributed by atoms with van der Waals surface area (Å²) in [4.78, 5) is 11.2. The first-order valence-corrected chi connectivity index (χ1v) is 6.25. The lowest BCUT2D eigenvalue weighted by Crippen LogP contribution is -2.12. The Morgan fingerprint density at radius 1 is 1.47 bits per heavy atom. The number of hydrogen-bond donors (Lipinski definition) is 1. The van der Waals surface area contributed by atoms with E-state index in [-0.39, 0.29) is 12.2 Å². The summed E-state index contributed by atoms with van der Waals surface area (Å²) in [6.07, 6.45) is -6.25. The number of carbonyl (C=O) groups is 1. The van der Waals surface area contributed by atoms with Crippen LogP contribution in [0.25, 0.3) is 0 Å². The van der Waals surface area contributed by atoms with Crippen molar-refractivity contribution in [1.29, 1.82) is 0 Å². The first-order valence-electron chi connectivity index (χ1n) is 5.46. The molecule has 0 aliphatic heterocycles. The molecule has 0 aliphatic rings. The maximum atomic E-state index is 12.6. The molecule has 1 N–H and O–H groups in total. The van der Waals surface area contributed by atoms with Gasteiger partial charge in [0.05, 0.1) is 24.7 Å². The molecule has 0 aliphatic carbocycles. The molecule has 1 rings (SSSR count). The zero-order chi connectivity index (χ0) is 14.6. The molecule has 0 radical (unpaired) electrons. The molecule has 0 amide bonds. The fraction of sp³-hybridized carbons (Fsp3) is 0.417. The molecule has 1 aromatic rings. The Bertz CT molecular complexity index is 460. The van der Waals surface area contributed by atoms with E-state index in [0.29, 0.717) is 4.47 Å². The van der Waals surface area contributed by atoms with Crippen molar-refractivity contribution in [2.45, 2.75) is 25.6 Å². The topological polar surface area (TPSA) is 46.5 Å². The molecule has 0 spiro atoms. The predicted molar refractivity (Wildman–Crippen MR) is 65.4 cm³/mol. The molecule has 0 aromatic heterocycles. The fourth-order valence-corrected chi connectivity index (χ4v) is 1.97. The van der Waals surface area contributed by atoms with Crippen LogP contribution in [0.3, 0.4) is 0 Å². The third kappa shape index (κ3) is 4.50. The number of esters is 1. The van der Waals surface area contributed by atoms with Crippen LogP contribution >= 0.6 is 15.9 Å². The van der Waals surface area contributed by atoms with Crippen LogP contribution in [-0.2, 0) is 15.7 Å². The SMILES string of the molecule is CCOC(=O)CC(O)c1cc(C(F)(F)F)ccc1Br. The van der Waals surface area contributed by atoms with E-state index >= 15 is 0 Å². The zero-order valence-electron chi connectivity index (χ0n) is 10.00. The minimum absolute atomic E-state index is 0.00266. The molecule has 1 atom stereocenters. The minimum atomic E-state index is -4.50. The summed E-state index contributed by atoms with van der Waals surface area (Å²) >= 11 is 3.05.